The number of rotatable bonds is 7. The normalized spacial score (nSPS) is 16.6. The summed E-state index contributed by atoms with van der Waals surface area (Å²) in [6, 6.07) is 61.7. The van der Waals surface area contributed by atoms with E-state index >= 15 is 0 Å². The molecule has 0 amide bonds. The lowest BCUT2D eigenvalue weighted by Crippen LogP contribution is -2.23. The average molecular weight is 827 g/mol. The molecule has 0 aliphatic heterocycles. The third-order valence-electron chi connectivity index (χ3n) is 17.3. The summed E-state index contributed by atoms with van der Waals surface area (Å²) in [6.07, 6.45) is 4.41. The molecule has 4 aliphatic carbocycles. The van der Waals surface area contributed by atoms with Crippen molar-refractivity contribution in [1.82, 2.24) is 0 Å². The summed E-state index contributed by atoms with van der Waals surface area (Å²) in [5.74, 6) is 0. The SMILES string of the molecule is CCC1(CC)c2ccccc2-c2ccc(-c3ccc4c(c3)C(C)(C)c3cc(-c5ccc6c(c5)C(C)(C)c5cc(-c7ccc8c(c7)C(CC)(CC)c7ccccc7-8)ccc5-6)ccc3-4)cc21. The molecule has 0 spiro atoms. The van der Waals surface area contributed by atoms with Gasteiger partial charge in [-0.15, -0.1) is 0 Å². The zero-order chi connectivity index (χ0) is 43.9. The Morgan fingerprint density at radius 2 is 0.469 bits per heavy atom. The maximum atomic E-state index is 2.51. The van der Waals surface area contributed by atoms with Gasteiger partial charge in [-0.05, 0) is 184 Å². The quantitative estimate of drug-likeness (QED) is 0.150. The van der Waals surface area contributed by atoms with Crippen molar-refractivity contribution in [2.24, 2.45) is 0 Å². The second-order valence-electron chi connectivity index (χ2n) is 20.5. The van der Waals surface area contributed by atoms with Crippen LogP contribution in [0.5, 0.6) is 0 Å². The molecule has 64 heavy (non-hydrogen) atoms. The van der Waals surface area contributed by atoms with Crippen molar-refractivity contribution in [3.63, 3.8) is 0 Å². The Hall–Kier alpha value is -6.24. The largest absolute Gasteiger partial charge is 0.0642 e. The Morgan fingerprint density at radius 1 is 0.250 bits per heavy atom. The van der Waals surface area contributed by atoms with Gasteiger partial charge >= 0.3 is 0 Å². The van der Waals surface area contributed by atoms with Gasteiger partial charge in [-0.1, -0.05) is 177 Å². The molecule has 8 aromatic rings. The van der Waals surface area contributed by atoms with E-state index in [9.17, 15) is 0 Å². The molecule has 314 valence electrons. The minimum Gasteiger partial charge on any atom is -0.0642 e. The van der Waals surface area contributed by atoms with Crippen molar-refractivity contribution in [3.8, 4) is 77.9 Å². The topological polar surface area (TPSA) is 0 Å². The maximum Gasteiger partial charge on any atom is 0.0210 e. The Balaban J connectivity index is 0.863. The fourth-order valence-electron chi connectivity index (χ4n) is 13.5. The summed E-state index contributed by atoms with van der Waals surface area (Å²) in [5.41, 5.74) is 30.4. The molecule has 0 nitrogen and oxygen atoms in total. The highest BCUT2D eigenvalue weighted by molar-refractivity contribution is 5.91. The van der Waals surface area contributed by atoms with E-state index in [4.69, 9.17) is 0 Å². The summed E-state index contributed by atoms with van der Waals surface area (Å²) in [4.78, 5) is 0. The van der Waals surface area contributed by atoms with Gasteiger partial charge in [0.05, 0.1) is 0 Å². The first-order valence-corrected chi connectivity index (χ1v) is 24.1. The minimum absolute atomic E-state index is 0.0660. The summed E-state index contributed by atoms with van der Waals surface area (Å²) in [5, 5.41) is 0. The van der Waals surface area contributed by atoms with Gasteiger partial charge in [-0.3, -0.25) is 0 Å². The van der Waals surface area contributed by atoms with Gasteiger partial charge in [0, 0.05) is 21.7 Å². The lowest BCUT2D eigenvalue weighted by molar-refractivity contribution is 0.490. The van der Waals surface area contributed by atoms with E-state index in [1.165, 1.54) is 122 Å². The van der Waals surface area contributed by atoms with Gasteiger partial charge in [0.2, 0.25) is 0 Å². The van der Waals surface area contributed by atoms with Crippen molar-refractivity contribution in [2.75, 3.05) is 0 Å². The van der Waals surface area contributed by atoms with Crippen LogP contribution < -0.4 is 0 Å². The molecule has 12 rings (SSSR count). The van der Waals surface area contributed by atoms with Crippen molar-refractivity contribution in [1.29, 1.82) is 0 Å². The Bertz CT molecular complexity index is 3040. The Morgan fingerprint density at radius 3 is 0.734 bits per heavy atom. The number of hydrogen-bond donors (Lipinski definition) is 0. The Kier molecular flexibility index (Phi) is 8.39. The van der Waals surface area contributed by atoms with Gasteiger partial charge in [0.15, 0.2) is 0 Å². The van der Waals surface area contributed by atoms with Gasteiger partial charge in [0.1, 0.15) is 0 Å². The van der Waals surface area contributed by atoms with Gasteiger partial charge in [-0.25, -0.2) is 0 Å². The standard InChI is InChI=1S/C64H58/c1-9-63(10-2)53-19-15-13-17-45(53)51-31-25-43(37-59(51)63)41-23-29-49-47-27-21-39(33-55(47)61(5,6)57(49)35-41)40-22-28-48-50-30-24-42(36-58(50)62(7,8)56(48)34-40)44-26-32-52-46-18-14-16-20-54(46)64(11-3,12-4)60(52)38-44/h13-38H,9-12H2,1-8H3. The third kappa shape index (κ3) is 5.06. The third-order valence-corrected chi connectivity index (χ3v) is 17.3. The Labute approximate surface area is 381 Å². The molecule has 4 aliphatic rings. The monoisotopic (exact) mass is 826 g/mol. The van der Waals surface area contributed by atoms with Crippen molar-refractivity contribution < 1.29 is 0 Å². The summed E-state index contributed by atoms with van der Waals surface area (Å²) in [6.45, 7) is 19.1. The van der Waals surface area contributed by atoms with Crippen molar-refractivity contribution in [3.05, 3.63) is 202 Å². The second-order valence-corrected chi connectivity index (χ2v) is 20.5. The van der Waals surface area contributed by atoms with Crippen molar-refractivity contribution in [2.45, 2.75) is 103 Å². The van der Waals surface area contributed by atoms with E-state index in [-0.39, 0.29) is 21.7 Å². The van der Waals surface area contributed by atoms with Crippen LogP contribution in [0.2, 0.25) is 0 Å². The molecule has 0 atom stereocenters. The second kappa shape index (κ2) is 13.6. The van der Waals surface area contributed by atoms with Crippen LogP contribution in [0.3, 0.4) is 0 Å². The molecule has 0 heteroatoms. The van der Waals surface area contributed by atoms with E-state index in [1.54, 1.807) is 0 Å². The smallest absolute Gasteiger partial charge is 0.0210 e. The van der Waals surface area contributed by atoms with Crippen LogP contribution in [0.4, 0.5) is 0 Å². The lowest BCUT2D eigenvalue weighted by atomic mass is 9.73. The van der Waals surface area contributed by atoms with E-state index in [0.717, 1.165) is 25.7 Å². The zero-order valence-electron chi connectivity index (χ0n) is 38.8. The first-order chi connectivity index (χ1) is 31.0. The van der Waals surface area contributed by atoms with Crippen molar-refractivity contribution >= 4 is 0 Å². The highest BCUT2D eigenvalue weighted by atomic mass is 14.5. The molecule has 0 radical (unpaired) electrons. The molecular formula is C64H58. The first-order valence-electron chi connectivity index (χ1n) is 24.1. The molecule has 0 N–H and O–H groups in total. The highest BCUT2D eigenvalue weighted by Crippen LogP contribution is 2.57. The van der Waals surface area contributed by atoms with Crippen LogP contribution in [0.25, 0.3) is 77.9 Å². The molecular weight excluding hydrogens is 769 g/mol. The van der Waals surface area contributed by atoms with E-state index in [2.05, 4.69) is 213 Å². The molecule has 0 fully saturated rings. The molecule has 0 heterocycles. The predicted molar refractivity (Wildman–Crippen MR) is 271 cm³/mol. The predicted octanol–water partition coefficient (Wildman–Crippen LogP) is 17.5. The lowest BCUT2D eigenvalue weighted by Gasteiger charge is -2.30. The average Bonchev–Trinajstić information content (AvgIpc) is 3.95. The maximum absolute atomic E-state index is 2.51. The highest BCUT2D eigenvalue weighted by Gasteiger charge is 2.43. The minimum atomic E-state index is -0.128. The van der Waals surface area contributed by atoms with Gasteiger partial charge in [-0.2, -0.15) is 0 Å². The molecule has 0 saturated carbocycles. The van der Waals surface area contributed by atoms with Gasteiger partial charge in [0.25, 0.3) is 0 Å². The van der Waals surface area contributed by atoms with Crippen LogP contribution in [-0.4, -0.2) is 0 Å². The molecule has 0 unspecified atom stereocenters. The zero-order valence-corrected chi connectivity index (χ0v) is 38.8. The van der Waals surface area contributed by atoms with E-state index in [1.807, 2.05) is 0 Å². The molecule has 8 aromatic carbocycles. The summed E-state index contributed by atoms with van der Waals surface area (Å²) in [7, 11) is 0. The van der Waals surface area contributed by atoms with E-state index in [0.29, 0.717) is 0 Å². The van der Waals surface area contributed by atoms with Crippen LogP contribution in [0, 0.1) is 0 Å². The van der Waals surface area contributed by atoms with E-state index < -0.39 is 0 Å². The molecule has 0 bridgehead atoms. The number of hydrogen-bond acceptors (Lipinski definition) is 0. The van der Waals surface area contributed by atoms with Crippen LogP contribution in [0.15, 0.2) is 158 Å². The molecule has 0 aromatic heterocycles. The summed E-state index contributed by atoms with van der Waals surface area (Å²) >= 11 is 0. The number of fused-ring (bicyclic) bond motifs is 12. The van der Waals surface area contributed by atoms with Crippen LogP contribution >= 0.6 is 0 Å². The van der Waals surface area contributed by atoms with Crippen LogP contribution in [0.1, 0.15) is 126 Å². The fourth-order valence-corrected chi connectivity index (χ4v) is 13.5. The number of benzene rings is 8. The van der Waals surface area contributed by atoms with Gasteiger partial charge < -0.3 is 0 Å². The molecule has 0 saturated heterocycles. The first kappa shape index (κ1) is 39.4. The summed E-state index contributed by atoms with van der Waals surface area (Å²) < 4.78 is 0. The van der Waals surface area contributed by atoms with Crippen LogP contribution in [-0.2, 0) is 21.7 Å². The fraction of sp³-hybridized carbons (Fsp3) is 0.250.